The average Bonchev–Trinajstić information content (AvgIpc) is 3.27. The number of carboxylic acids is 1. The van der Waals surface area contributed by atoms with Crippen LogP contribution in [0.3, 0.4) is 0 Å². The highest BCUT2D eigenvalue weighted by atomic mass is 32.1. The minimum atomic E-state index is -0.935. The number of benzene rings is 1. The molecule has 31 heavy (non-hydrogen) atoms. The van der Waals surface area contributed by atoms with Gasteiger partial charge in [0.2, 0.25) is 5.95 Å². The highest BCUT2D eigenvalue weighted by Crippen LogP contribution is 2.27. The van der Waals surface area contributed by atoms with Gasteiger partial charge in [-0.1, -0.05) is 12.1 Å². The number of thiophene rings is 1. The maximum Gasteiger partial charge on any atom is 0.345 e. The summed E-state index contributed by atoms with van der Waals surface area (Å²) in [7, 11) is 0. The molecule has 1 saturated heterocycles. The van der Waals surface area contributed by atoms with Gasteiger partial charge < -0.3 is 15.5 Å². The first-order valence-corrected chi connectivity index (χ1v) is 11.0. The summed E-state index contributed by atoms with van der Waals surface area (Å²) in [5.41, 5.74) is 2.80. The van der Waals surface area contributed by atoms with Gasteiger partial charge in [0.1, 0.15) is 4.88 Å². The van der Waals surface area contributed by atoms with Crippen molar-refractivity contribution in [1.29, 1.82) is 0 Å². The second kappa shape index (κ2) is 9.97. The Bertz CT molecular complexity index is 1030. The van der Waals surface area contributed by atoms with E-state index in [1.165, 1.54) is 16.9 Å². The second-order valence-corrected chi connectivity index (χ2v) is 8.49. The predicted octanol–water partition coefficient (Wildman–Crippen LogP) is 2.76. The number of β-amino-alcohol motifs (C(OH)–C–C–N with tert-alkyl or cyclic N) is 1. The van der Waals surface area contributed by atoms with Crippen LogP contribution in [0, 0.1) is 0 Å². The zero-order valence-electron chi connectivity index (χ0n) is 17.1. The van der Waals surface area contributed by atoms with Crippen molar-refractivity contribution in [2.45, 2.75) is 6.54 Å². The Labute approximate surface area is 184 Å². The molecule has 1 fully saturated rings. The van der Waals surface area contributed by atoms with Crippen LogP contribution in [0.4, 0.5) is 11.6 Å². The molecule has 0 bridgehead atoms. The predicted molar refractivity (Wildman–Crippen MR) is 121 cm³/mol. The lowest BCUT2D eigenvalue weighted by Gasteiger charge is -2.34. The Hall–Kier alpha value is -2.85. The molecular formula is C22H25N5O3S. The van der Waals surface area contributed by atoms with Crippen molar-refractivity contribution in [2.24, 2.45) is 0 Å². The fourth-order valence-electron chi connectivity index (χ4n) is 3.59. The van der Waals surface area contributed by atoms with Crippen molar-refractivity contribution >= 4 is 28.9 Å². The van der Waals surface area contributed by atoms with Gasteiger partial charge in [0.25, 0.3) is 0 Å². The molecule has 8 nitrogen and oxygen atoms in total. The van der Waals surface area contributed by atoms with Crippen molar-refractivity contribution < 1.29 is 15.0 Å². The SMILES string of the molecule is O=C(O)c1ccc(-c2ccnc(Nc3cccc(CN4CCN(CCO)CC4)c3)n2)s1. The summed E-state index contributed by atoms with van der Waals surface area (Å²) in [5.74, 6) is -0.465. The summed E-state index contributed by atoms with van der Waals surface area (Å²) >= 11 is 1.19. The van der Waals surface area contributed by atoms with E-state index in [2.05, 4.69) is 37.2 Å². The van der Waals surface area contributed by atoms with Gasteiger partial charge in [-0.25, -0.2) is 14.8 Å². The molecule has 1 aliphatic rings. The van der Waals surface area contributed by atoms with Gasteiger partial charge in [-0.2, -0.15) is 0 Å². The van der Waals surface area contributed by atoms with Crippen LogP contribution in [-0.4, -0.2) is 75.3 Å². The molecule has 0 aliphatic carbocycles. The molecule has 1 aromatic carbocycles. The second-order valence-electron chi connectivity index (χ2n) is 7.40. The molecule has 0 unspecified atom stereocenters. The summed E-state index contributed by atoms with van der Waals surface area (Å²) < 4.78 is 0. The Morgan fingerprint density at radius 2 is 1.90 bits per heavy atom. The molecule has 3 aromatic rings. The van der Waals surface area contributed by atoms with E-state index in [9.17, 15) is 4.79 Å². The van der Waals surface area contributed by atoms with Gasteiger partial charge in [-0.3, -0.25) is 9.80 Å². The first-order chi connectivity index (χ1) is 15.1. The number of hydrogen-bond donors (Lipinski definition) is 3. The summed E-state index contributed by atoms with van der Waals surface area (Å²) in [6, 6.07) is 13.3. The maximum atomic E-state index is 11.1. The average molecular weight is 440 g/mol. The van der Waals surface area contributed by atoms with E-state index in [4.69, 9.17) is 10.2 Å². The van der Waals surface area contributed by atoms with Gasteiger partial charge in [0.05, 0.1) is 17.2 Å². The Kier molecular flexibility index (Phi) is 6.88. The third-order valence-electron chi connectivity index (χ3n) is 5.20. The van der Waals surface area contributed by atoms with Gasteiger partial charge in [0.15, 0.2) is 0 Å². The lowest BCUT2D eigenvalue weighted by atomic mass is 10.1. The number of anilines is 2. The van der Waals surface area contributed by atoms with Crippen molar-refractivity contribution in [3.05, 3.63) is 59.1 Å². The normalized spacial score (nSPS) is 15.1. The molecule has 2 aromatic heterocycles. The number of rotatable bonds is 8. The molecule has 1 aliphatic heterocycles. The van der Waals surface area contributed by atoms with Crippen LogP contribution in [0.2, 0.25) is 0 Å². The van der Waals surface area contributed by atoms with E-state index in [0.29, 0.717) is 11.6 Å². The standard InChI is InChI=1S/C22H25N5O3S/c28-13-12-26-8-10-27(11-9-26)15-16-2-1-3-17(14-16)24-22-23-7-6-18(25-22)19-4-5-20(31-19)21(29)30/h1-7,14,28H,8-13,15H2,(H,29,30)(H,23,24,25). The van der Waals surface area contributed by atoms with Crippen LogP contribution >= 0.6 is 11.3 Å². The number of carboxylic acid groups (broad SMARTS) is 1. The molecular weight excluding hydrogens is 414 g/mol. The first-order valence-electron chi connectivity index (χ1n) is 10.2. The minimum Gasteiger partial charge on any atom is -0.477 e. The molecule has 162 valence electrons. The number of aliphatic hydroxyl groups is 1. The zero-order valence-corrected chi connectivity index (χ0v) is 17.9. The number of carbonyl (C=O) groups is 1. The summed E-state index contributed by atoms with van der Waals surface area (Å²) in [6.07, 6.45) is 1.67. The number of piperazine rings is 1. The lowest BCUT2D eigenvalue weighted by Crippen LogP contribution is -2.46. The van der Waals surface area contributed by atoms with Crippen LogP contribution in [0.25, 0.3) is 10.6 Å². The number of hydrogen-bond acceptors (Lipinski definition) is 8. The van der Waals surface area contributed by atoms with E-state index < -0.39 is 5.97 Å². The molecule has 3 N–H and O–H groups in total. The van der Waals surface area contributed by atoms with Gasteiger partial charge >= 0.3 is 5.97 Å². The van der Waals surface area contributed by atoms with Crippen molar-refractivity contribution in [2.75, 3.05) is 44.6 Å². The maximum absolute atomic E-state index is 11.1. The number of nitrogens with one attached hydrogen (secondary N) is 1. The quantitative estimate of drug-likeness (QED) is 0.493. The lowest BCUT2D eigenvalue weighted by molar-refractivity contribution is 0.0702. The van der Waals surface area contributed by atoms with Gasteiger partial charge in [-0.05, 0) is 35.9 Å². The summed E-state index contributed by atoms with van der Waals surface area (Å²) in [6.45, 7) is 5.76. The molecule has 4 rings (SSSR count). The Morgan fingerprint density at radius 1 is 1.10 bits per heavy atom. The monoisotopic (exact) mass is 439 g/mol. The molecule has 9 heteroatoms. The smallest absolute Gasteiger partial charge is 0.345 e. The third kappa shape index (κ3) is 5.65. The topological polar surface area (TPSA) is 102 Å². The number of aliphatic hydroxyl groups excluding tert-OH is 1. The van der Waals surface area contributed by atoms with E-state index in [1.807, 2.05) is 12.1 Å². The van der Waals surface area contributed by atoms with Crippen molar-refractivity contribution in [3.63, 3.8) is 0 Å². The molecule has 0 atom stereocenters. The van der Waals surface area contributed by atoms with Crippen molar-refractivity contribution in [3.8, 4) is 10.6 Å². The Morgan fingerprint density at radius 3 is 2.65 bits per heavy atom. The molecule has 0 radical (unpaired) electrons. The van der Waals surface area contributed by atoms with Crippen LogP contribution in [0.15, 0.2) is 48.7 Å². The molecule has 0 amide bonds. The van der Waals surface area contributed by atoms with Crippen LogP contribution in [0.1, 0.15) is 15.2 Å². The third-order valence-corrected chi connectivity index (χ3v) is 6.29. The first kappa shape index (κ1) is 21.4. The largest absolute Gasteiger partial charge is 0.477 e. The Balaban J connectivity index is 1.40. The summed E-state index contributed by atoms with van der Waals surface area (Å²) in [5, 5.41) is 21.5. The number of aromatic carboxylic acids is 1. The summed E-state index contributed by atoms with van der Waals surface area (Å²) in [4.78, 5) is 25.7. The van der Waals surface area contributed by atoms with E-state index in [0.717, 1.165) is 49.8 Å². The van der Waals surface area contributed by atoms with E-state index in [1.54, 1.807) is 24.4 Å². The molecule has 0 spiro atoms. The van der Waals surface area contributed by atoms with Crippen molar-refractivity contribution in [1.82, 2.24) is 19.8 Å². The highest BCUT2D eigenvalue weighted by molar-refractivity contribution is 7.17. The number of aromatic nitrogens is 2. The highest BCUT2D eigenvalue weighted by Gasteiger charge is 2.16. The zero-order chi connectivity index (χ0) is 21.6. The molecule has 0 saturated carbocycles. The van der Waals surface area contributed by atoms with Crippen LogP contribution < -0.4 is 5.32 Å². The van der Waals surface area contributed by atoms with Crippen LogP contribution in [-0.2, 0) is 6.54 Å². The minimum absolute atomic E-state index is 0.212. The number of nitrogens with zero attached hydrogens (tertiary/aromatic N) is 4. The fraction of sp³-hybridized carbons (Fsp3) is 0.318. The fourth-order valence-corrected chi connectivity index (χ4v) is 4.41. The van der Waals surface area contributed by atoms with Gasteiger partial charge in [0, 0.05) is 51.2 Å². The van der Waals surface area contributed by atoms with Gasteiger partial charge in [-0.15, -0.1) is 11.3 Å². The van der Waals surface area contributed by atoms with Crippen LogP contribution in [0.5, 0.6) is 0 Å². The van der Waals surface area contributed by atoms with E-state index >= 15 is 0 Å². The van der Waals surface area contributed by atoms with E-state index in [-0.39, 0.29) is 11.5 Å². The molecule has 3 heterocycles.